The SMILES string of the molecule is CC1(C)[C@H]2C[C@@H]3OB(CCC4CC[C@@H](CN5CCCC5)[C@@](N)(C(=O)O)C4)O[C@]3(C)[C@@H]1C2. The fourth-order valence-corrected chi connectivity index (χ4v) is 7.93. The van der Waals surface area contributed by atoms with E-state index < -0.39 is 11.5 Å². The third kappa shape index (κ3) is 3.58. The maximum Gasteiger partial charge on any atom is 0.457 e. The number of nitrogens with two attached hydrogens (primary N) is 1. The first-order valence-corrected chi connectivity index (χ1v) is 12.7. The van der Waals surface area contributed by atoms with E-state index in [1.165, 1.54) is 19.3 Å². The molecule has 6 rings (SSSR count). The molecule has 4 aliphatic carbocycles. The second kappa shape index (κ2) is 7.71. The van der Waals surface area contributed by atoms with E-state index in [-0.39, 0.29) is 24.7 Å². The molecule has 31 heavy (non-hydrogen) atoms. The Morgan fingerprint density at radius 1 is 1.19 bits per heavy atom. The second-order valence-electron chi connectivity index (χ2n) is 12.2. The lowest BCUT2D eigenvalue weighted by Gasteiger charge is -2.64. The third-order valence-corrected chi connectivity index (χ3v) is 10.2. The fraction of sp³-hybridized carbons (Fsp3) is 0.958. The lowest BCUT2D eigenvalue weighted by Crippen LogP contribution is -2.65. The maximum absolute atomic E-state index is 12.2. The smallest absolute Gasteiger partial charge is 0.457 e. The van der Waals surface area contributed by atoms with Gasteiger partial charge in [0.1, 0.15) is 5.54 Å². The monoisotopic (exact) mass is 432 g/mol. The summed E-state index contributed by atoms with van der Waals surface area (Å²) in [5.41, 5.74) is 5.68. The predicted octanol–water partition coefficient (Wildman–Crippen LogP) is 3.40. The van der Waals surface area contributed by atoms with Gasteiger partial charge in [0.2, 0.25) is 0 Å². The van der Waals surface area contributed by atoms with Gasteiger partial charge >= 0.3 is 13.1 Å². The number of carboxylic acids is 1. The molecule has 174 valence electrons. The molecule has 6 nitrogen and oxygen atoms in total. The molecule has 7 heteroatoms. The van der Waals surface area contributed by atoms with Crippen molar-refractivity contribution in [1.82, 2.24) is 4.90 Å². The van der Waals surface area contributed by atoms with Gasteiger partial charge in [-0.15, -0.1) is 0 Å². The molecule has 6 fully saturated rings. The summed E-state index contributed by atoms with van der Waals surface area (Å²) in [5, 5.41) is 10.0. The van der Waals surface area contributed by atoms with Crippen LogP contribution in [-0.4, -0.2) is 60.0 Å². The van der Waals surface area contributed by atoms with Crippen molar-refractivity contribution >= 4 is 13.1 Å². The summed E-state index contributed by atoms with van der Waals surface area (Å²) >= 11 is 0. The molecule has 0 aromatic heterocycles. The quantitative estimate of drug-likeness (QED) is 0.626. The van der Waals surface area contributed by atoms with Gasteiger partial charge in [0, 0.05) is 12.5 Å². The molecule has 1 unspecified atom stereocenters. The van der Waals surface area contributed by atoms with E-state index in [9.17, 15) is 9.90 Å². The Morgan fingerprint density at radius 2 is 1.94 bits per heavy atom. The summed E-state index contributed by atoms with van der Waals surface area (Å²) in [5.74, 6) is 0.906. The normalized spacial score (nSPS) is 46.6. The van der Waals surface area contributed by atoms with Gasteiger partial charge in [-0.05, 0) is 94.4 Å². The zero-order valence-electron chi connectivity index (χ0n) is 19.6. The lowest BCUT2D eigenvalue weighted by atomic mass is 9.43. The molecule has 0 radical (unpaired) electrons. The minimum Gasteiger partial charge on any atom is -0.480 e. The number of aliphatic carboxylic acids is 1. The van der Waals surface area contributed by atoms with Crippen LogP contribution in [0.4, 0.5) is 0 Å². The second-order valence-corrected chi connectivity index (χ2v) is 12.2. The van der Waals surface area contributed by atoms with Crippen molar-refractivity contribution in [2.75, 3.05) is 19.6 Å². The van der Waals surface area contributed by atoms with E-state index in [0.29, 0.717) is 23.7 Å². The number of hydrogen-bond acceptors (Lipinski definition) is 5. The van der Waals surface area contributed by atoms with Crippen molar-refractivity contribution in [3.05, 3.63) is 0 Å². The average molecular weight is 432 g/mol. The molecule has 2 saturated heterocycles. The topological polar surface area (TPSA) is 85.0 Å². The van der Waals surface area contributed by atoms with Crippen LogP contribution >= 0.6 is 0 Å². The van der Waals surface area contributed by atoms with Crippen molar-refractivity contribution in [2.24, 2.45) is 34.8 Å². The Hall–Kier alpha value is -0.625. The number of hydrogen-bond donors (Lipinski definition) is 2. The summed E-state index contributed by atoms with van der Waals surface area (Å²) in [6.45, 7) is 10.0. The van der Waals surface area contributed by atoms with Crippen LogP contribution < -0.4 is 5.73 Å². The highest BCUT2D eigenvalue weighted by Crippen LogP contribution is 2.65. The summed E-state index contributed by atoms with van der Waals surface area (Å²) in [7, 11) is -0.149. The number of rotatable bonds is 6. The first kappa shape index (κ1) is 22.2. The summed E-state index contributed by atoms with van der Waals surface area (Å²) in [6, 6.07) is 0. The van der Waals surface area contributed by atoms with Crippen molar-refractivity contribution in [3.63, 3.8) is 0 Å². The summed E-state index contributed by atoms with van der Waals surface area (Å²) < 4.78 is 12.9. The van der Waals surface area contributed by atoms with E-state index >= 15 is 0 Å². The van der Waals surface area contributed by atoms with Gasteiger partial charge in [-0.1, -0.05) is 20.3 Å². The first-order chi connectivity index (χ1) is 14.6. The van der Waals surface area contributed by atoms with Crippen LogP contribution in [-0.2, 0) is 14.1 Å². The van der Waals surface area contributed by atoms with Crippen molar-refractivity contribution in [2.45, 2.75) is 95.7 Å². The van der Waals surface area contributed by atoms with Gasteiger partial charge in [-0.2, -0.15) is 0 Å². The molecule has 0 spiro atoms. The number of carboxylic acid groups (broad SMARTS) is 1. The first-order valence-electron chi connectivity index (χ1n) is 12.7. The molecule has 6 aliphatic rings. The van der Waals surface area contributed by atoms with Gasteiger partial charge in [-0.25, -0.2) is 0 Å². The molecule has 0 amide bonds. The average Bonchev–Trinajstić information content (AvgIpc) is 3.34. The molecule has 2 heterocycles. The number of carbonyl (C=O) groups is 1. The van der Waals surface area contributed by atoms with Crippen LogP contribution in [0, 0.1) is 29.1 Å². The summed E-state index contributed by atoms with van der Waals surface area (Å²) in [6.07, 6.45) is 9.39. The zero-order chi connectivity index (χ0) is 22.0. The highest BCUT2D eigenvalue weighted by Gasteiger charge is 2.67. The van der Waals surface area contributed by atoms with Gasteiger partial charge in [0.05, 0.1) is 11.7 Å². The Morgan fingerprint density at radius 3 is 2.61 bits per heavy atom. The van der Waals surface area contributed by atoms with Gasteiger partial charge in [0.15, 0.2) is 0 Å². The zero-order valence-corrected chi connectivity index (χ0v) is 19.6. The predicted molar refractivity (Wildman–Crippen MR) is 121 cm³/mol. The van der Waals surface area contributed by atoms with Gasteiger partial charge in [-0.3, -0.25) is 4.79 Å². The number of likely N-dealkylation sites (tertiary alicyclic amines) is 1. The van der Waals surface area contributed by atoms with Gasteiger partial charge < -0.3 is 25.0 Å². The van der Waals surface area contributed by atoms with Crippen LogP contribution in [0.2, 0.25) is 6.32 Å². The molecule has 7 atom stereocenters. The Balaban J connectivity index is 1.17. The standard InChI is InChI=1S/C24H41BN2O4/c1-22(2)18-12-19(22)23(3)20(13-18)30-25(31-23)9-8-16-6-7-17(15-27-10-4-5-11-27)24(26,14-16)21(28)29/h16-20H,4-15,26H2,1-3H3,(H,28,29)/t16?,17-,18+,19+,20-,23+,24+/m0/s1. The van der Waals surface area contributed by atoms with Crippen molar-refractivity contribution < 1.29 is 19.2 Å². The molecule has 3 N–H and O–H groups in total. The number of nitrogens with zero attached hydrogens (tertiary/aromatic N) is 1. The van der Waals surface area contributed by atoms with Crippen LogP contribution in [0.5, 0.6) is 0 Å². The van der Waals surface area contributed by atoms with E-state index in [1.807, 2.05) is 0 Å². The maximum atomic E-state index is 12.2. The van der Waals surface area contributed by atoms with Crippen LogP contribution in [0.3, 0.4) is 0 Å². The lowest BCUT2D eigenvalue weighted by molar-refractivity contribution is -0.199. The minimum atomic E-state index is -1.10. The molecule has 0 aromatic carbocycles. The van der Waals surface area contributed by atoms with Crippen molar-refractivity contribution in [1.29, 1.82) is 0 Å². The highest BCUT2D eigenvalue weighted by molar-refractivity contribution is 6.45. The third-order valence-electron chi connectivity index (χ3n) is 10.2. The fourth-order valence-electron chi connectivity index (χ4n) is 7.93. The van der Waals surface area contributed by atoms with E-state index in [4.69, 9.17) is 15.0 Å². The van der Waals surface area contributed by atoms with Crippen molar-refractivity contribution in [3.8, 4) is 0 Å². The Kier molecular flexibility index (Phi) is 5.52. The van der Waals surface area contributed by atoms with E-state index in [1.54, 1.807) is 0 Å². The van der Waals surface area contributed by atoms with E-state index in [2.05, 4.69) is 25.7 Å². The Bertz CT molecular complexity index is 714. The Labute approximate surface area is 187 Å². The van der Waals surface area contributed by atoms with E-state index in [0.717, 1.165) is 57.6 Å². The molecule has 2 bridgehead atoms. The van der Waals surface area contributed by atoms with Crippen LogP contribution in [0.1, 0.15) is 72.1 Å². The molecule has 0 aromatic rings. The molecular formula is C24H41BN2O4. The highest BCUT2D eigenvalue weighted by atomic mass is 16.7. The molecule has 2 aliphatic heterocycles. The minimum absolute atomic E-state index is 0.0501. The largest absolute Gasteiger partial charge is 0.480 e. The molecule has 4 saturated carbocycles. The van der Waals surface area contributed by atoms with Gasteiger partial charge in [0.25, 0.3) is 0 Å². The van der Waals surface area contributed by atoms with Crippen LogP contribution in [0.25, 0.3) is 0 Å². The summed E-state index contributed by atoms with van der Waals surface area (Å²) in [4.78, 5) is 14.6. The molecular weight excluding hydrogens is 391 g/mol. The van der Waals surface area contributed by atoms with Crippen LogP contribution in [0.15, 0.2) is 0 Å².